The summed E-state index contributed by atoms with van der Waals surface area (Å²) in [5.74, 6) is -0.117. The third kappa shape index (κ3) is 5.58. The topological polar surface area (TPSA) is 94.0 Å². The fourth-order valence-electron chi connectivity index (χ4n) is 3.36. The molecule has 4 rings (SSSR count). The molecule has 0 saturated heterocycles. The molecule has 2 heterocycles. The Labute approximate surface area is 207 Å². The molecule has 10 heteroatoms. The highest BCUT2D eigenvalue weighted by Gasteiger charge is 2.16. The van der Waals surface area contributed by atoms with Crippen molar-refractivity contribution in [1.82, 2.24) is 25.1 Å². The third-order valence-corrected chi connectivity index (χ3v) is 5.50. The number of methoxy groups -OCH3 is 1. The molecule has 0 aliphatic carbocycles. The van der Waals surface area contributed by atoms with Gasteiger partial charge in [0.2, 0.25) is 5.95 Å². The number of amides is 1. The number of halogens is 2. The van der Waals surface area contributed by atoms with Crippen LogP contribution in [-0.4, -0.2) is 32.8 Å². The van der Waals surface area contributed by atoms with Crippen LogP contribution < -0.4 is 15.4 Å². The quantitative estimate of drug-likeness (QED) is 0.341. The number of anilines is 2. The second-order valence-electron chi connectivity index (χ2n) is 7.98. The Bertz CT molecular complexity index is 1360. The van der Waals surface area contributed by atoms with Gasteiger partial charge in [-0.25, -0.2) is 14.4 Å². The van der Waals surface area contributed by atoms with Gasteiger partial charge >= 0.3 is 0 Å². The standard InChI is InChI=1S/C25H24ClFN6O2/c1-15(2)33-11-10-21(32-33)23-19(26)14-29-25(31-23)30-17-8-9-18(22(12-17)35-3)24(34)28-13-16-6-4-5-7-20(16)27/h4-12,14-15H,13H2,1-3H3,(H,28,34)(H,29,30,31). The molecule has 0 atom stereocenters. The van der Waals surface area contributed by atoms with E-state index in [0.29, 0.717) is 44.9 Å². The van der Waals surface area contributed by atoms with E-state index in [0.717, 1.165) is 0 Å². The molecule has 0 radical (unpaired) electrons. The summed E-state index contributed by atoms with van der Waals surface area (Å²) < 4.78 is 21.1. The number of benzene rings is 2. The van der Waals surface area contributed by atoms with Crippen LogP contribution in [0.15, 0.2) is 60.9 Å². The molecule has 8 nitrogen and oxygen atoms in total. The summed E-state index contributed by atoms with van der Waals surface area (Å²) in [6.07, 6.45) is 3.37. The highest BCUT2D eigenvalue weighted by Crippen LogP contribution is 2.28. The molecule has 180 valence electrons. The summed E-state index contributed by atoms with van der Waals surface area (Å²) in [7, 11) is 1.47. The maximum Gasteiger partial charge on any atom is 0.255 e. The Morgan fingerprint density at radius 1 is 1.20 bits per heavy atom. The predicted octanol–water partition coefficient (Wildman–Crippen LogP) is 5.40. The van der Waals surface area contributed by atoms with Gasteiger partial charge in [0, 0.05) is 36.1 Å². The van der Waals surface area contributed by atoms with Crippen molar-refractivity contribution in [2.24, 2.45) is 0 Å². The van der Waals surface area contributed by atoms with Crippen molar-refractivity contribution >= 4 is 29.1 Å². The fraction of sp³-hybridized carbons (Fsp3) is 0.200. The lowest BCUT2D eigenvalue weighted by Crippen LogP contribution is -2.23. The van der Waals surface area contributed by atoms with Crippen LogP contribution in [0.3, 0.4) is 0 Å². The highest BCUT2D eigenvalue weighted by atomic mass is 35.5. The van der Waals surface area contributed by atoms with Gasteiger partial charge in [0.1, 0.15) is 23.0 Å². The summed E-state index contributed by atoms with van der Waals surface area (Å²) >= 11 is 6.32. The molecule has 0 saturated carbocycles. The largest absolute Gasteiger partial charge is 0.496 e. The Balaban J connectivity index is 1.51. The van der Waals surface area contributed by atoms with E-state index >= 15 is 0 Å². The predicted molar refractivity (Wildman–Crippen MR) is 132 cm³/mol. The zero-order valence-corrected chi connectivity index (χ0v) is 20.2. The monoisotopic (exact) mass is 494 g/mol. The van der Waals surface area contributed by atoms with Gasteiger partial charge in [0.15, 0.2) is 0 Å². The van der Waals surface area contributed by atoms with Gasteiger partial charge < -0.3 is 15.4 Å². The molecule has 2 N–H and O–H groups in total. The number of hydrogen-bond donors (Lipinski definition) is 2. The second kappa shape index (κ2) is 10.5. The van der Waals surface area contributed by atoms with E-state index in [4.69, 9.17) is 16.3 Å². The van der Waals surface area contributed by atoms with Gasteiger partial charge in [0.25, 0.3) is 5.91 Å². The first kappa shape index (κ1) is 24.2. The van der Waals surface area contributed by atoms with E-state index in [9.17, 15) is 9.18 Å². The van der Waals surface area contributed by atoms with Gasteiger partial charge in [-0.2, -0.15) is 5.10 Å². The fourth-order valence-corrected chi connectivity index (χ4v) is 3.54. The summed E-state index contributed by atoms with van der Waals surface area (Å²) in [6, 6.07) is 13.3. The lowest BCUT2D eigenvalue weighted by Gasteiger charge is -2.13. The Hall–Kier alpha value is -3.98. The maximum atomic E-state index is 13.8. The van der Waals surface area contributed by atoms with Crippen molar-refractivity contribution in [1.29, 1.82) is 0 Å². The van der Waals surface area contributed by atoms with Crippen LogP contribution in [0.4, 0.5) is 16.0 Å². The zero-order valence-electron chi connectivity index (χ0n) is 19.4. The minimum Gasteiger partial charge on any atom is -0.496 e. The van der Waals surface area contributed by atoms with Crippen LogP contribution in [0, 0.1) is 5.82 Å². The number of nitrogens with one attached hydrogen (secondary N) is 2. The maximum absolute atomic E-state index is 13.8. The summed E-state index contributed by atoms with van der Waals surface area (Å²) in [4.78, 5) is 21.4. The third-order valence-electron chi connectivity index (χ3n) is 5.22. The van der Waals surface area contributed by atoms with Gasteiger partial charge in [-0.3, -0.25) is 9.48 Å². The van der Waals surface area contributed by atoms with Crippen molar-refractivity contribution < 1.29 is 13.9 Å². The summed E-state index contributed by atoms with van der Waals surface area (Å²) in [5.41, 5.74) is 2.44. The van der Waals surface area contributed by atoms with Crippen LogP contribution in [0.25, 0.3) is 11.4 Å². The lowest BCUT2D eigenvalue weighted by molar-refractivity contribution is 0.0947. The second-order valence-corrected chi connectivity index (χ2v) is 8.39. The SMILES string of the molecule is COc1cc(Nc2ncc(Cl)c(-c3ccn(C(C)C)n3)n2)ccc1C(=O)NCc1ccccc1F. The van der Waals surface area contributed by atoms with Crippen LogP contribution in [0.5, 0.6) is 5.75 Å². The molecule has 0 unspecified atom stereocenters. The normalized spacial score (nSPS) is 10.9. The first-order valence-corrected chi connectivity index (χ1v) is 11.3. The number of rotatable bonds is 8. The van der Waals surface area contributed by atoms with Gasteiger partial charge in [-0.15, -0.1) is 0 Å². The molecule has 0 fully saturated rings. The van der Waals surface area contributed by atoms with E-state index < -0.39 is 0 Å². The van der Waals surface area contributed by atoms with Crippen molar-refractivity contribution in [3.8, 4) is 17.1 Å². The number of carbonyl (C=O) groups excluding carboxylic acids is 1. The zero-order chi connectivity index (χ0) is 24.9. The molecular weight excluding hydrogens is 471 g/mol. The van der Waals surface area contributed by atoms with Crippen LogP contribution in [0.1, 0.15) is 35.8 Å². The minimum absolute atomic E-state index is 0.0582. The van der Waals surface area contributed by atoms with Crippen molar-refractivity contribution in [2.45, 2.75) is 26.4 Å². The number of aromatic nitrogens is 4. The van der Waals surface area contributed by atoms with Crippen molar-refractivity contribution in [3.63, 3.8) is 0 Å². The molecule has 4 aromatic rings. The minimum atomic E-state index is -0.387. The Kier molecular flexibility index (Phi) is 7.26. The summed E-state index contributed by atoms with van der Waals surface area (Å²) in [6.45, 7) is 4.12. The Morgan fingerprint density at radius 2 is 2.00 bits per heavy atom. The molecule has 0 aliphatic heterocycles. The van der Waals surface area contributed by atoms with Crippen LogP contribution in [0.2, 0.25) is 5.02 Å². The Morgan fingerprint density at radius 3 is 2.71 bits per heavy atom. The molecule has 1 amide bonds. The summed E-state index contributed by atoms with van der Waals surface area (Å²) in [5, 5.41) is 10.7. The first-order chi connectivity index (χ1) is 16.9. The van der Waals surface area contributed by atoms with Gasteiger partial charge in [0.05, 0.1) is 23.9 Å². The molecule has 2 aromatic heterocycles. The first-order valence-electron chi connectivity index (χ1n) is 10.9. The van der Waals surface area contributed by atoms with Crippen molar-refractivity contribution in [3.05, 3.63) is 82.9 Å². The average molecular weight is 495 g/mol. The number of hydrogen-bond acceptors (Lipinski definition) is 6. The highest BCUT2D eigenvalue weighted by molar-refractivity contribution is 6.32. The number of ether oxygens (including phenoxy) is 1. The molecule has 0 aliphatic rings. The van der Waals surface area contributed by atoms with Crippen LogP contribution >= 0.6 is 11.6 Å². The van der Waals surface area contributed by atoms with E-state index in [2.05, 4.69) is 25.7 Å². The molecule has 0 spiro atoms. The van der Waals surface area contributed by atoms with E-state index in [1.54, 1.807) is 36.4 Å². The average Bonchev–Trinajstić information content (AvgIpc) is 3.35. The van der Waals surface area contributed by atoms with E-state index in [1.807, 2.05) is 30.8 Å². The smallest absolute Gasteiger partial charge is 0.255 e. The molecular formula is C25H24ClFN6O2. The molecule has 35 heavy (non-hydrogen) atoms. The lowest BCUT2D eigenvalue weighted by atomic mass is 10.1. The number of carbonyl (C=O) groups is 1. The van der Waals surface area contributed by atoms with E-state index in [1.165, 1.54) is 19.4 Å². The van der Waals surface area contributed by atoms with E-state index in [-0.39, 0.29) is 24.3 Å². The number of nitrogens with zero attached hydrogens (tertiary/aromatic N) is 4. The van der Waals surface area contributed by atoms with Crippen LogP contribution in [-0.2, 0) is 6.54 Å². The molecule has 0 bridgehead atoms. The van der Waals surface area contributed by atoms with Gasteiger partial charge in [-0.05, 0) is 38.1 Å². The van der Waals surface area contributed by atoms with Gasteiger partial charge in [-0.1, -0.05) is 29.8 Å². The molecule has 2 aromatic carbocycles. The van der Waals surface area contributed by atoms with Crippen molar-refractivity contribution in [2.75, 3.05) is 12.4 Å².